The first-order valence-electron chi connectivity index (χ1n) is 4.54. The van der Waals surface area contributed by atoms with E-state index in [0.29, 0.717) is 11.7 Å². The highest BCUT2D eigenvalue weighted by Crippen LogP contribution is 2.25. The molecule has 1 aliphatic carbocycles. The number of hydrogen-bond donors (Lipinski definition) is 1. The lowest BCUT2D eigenvalue weighted by Gasteiger charge is -2.08. The van der Waals surface area contributed by atoms with Gasteiger partial charge in [0.25, 0.3) is 0 Å². The summed E-state index contributed by atoms with van der Waals surface area (Å²) < 4.78 is 22.6. The highest BCUT2D eigenvalue weighted by atomic mass is 32.2. The fourth-order valence-corrected chi connectivity index (χ4v) is 3.38. The van der Waals surface area contributed by atoms with Gasteiger partial charge in [-0.05, 0) is 18.8 Å². The predicted molar refractivity (Wildman–Crippen MR) is 49.7 cm³/mol. The maximum Gasteiger partial charge on any atom is 0.151 e. The van der Waals surface area contributed by atoms with E-state index in [4.69, 9.17) is 5.73 Å². The zero-order chi connectivity index (χ0) is 9.03. The van der Waals surface area contributed by atoms with Gasteiger partial charge in [0, 0.05) is 6.54 Å². The van der Waals surface area contributed by atoms with Crippen molar-refractivity contribution in [3.05, 3.63) is 0 Å². The van der Waals surface area contributed by atoms with Crippen molar-refractivity contribution in [1.29, 1.82) is 0 Å². The van der Waals surface area contributed by atoms with Crippen LogP contribution in [-0.4, -0.2) is 26.5 Å². The van der Waals surface area contributed by atoms with Crippen LogP contribution < -0.4 is 5.73 Å². The van der Waals surface area contributed by atoms with E-state index in [9.17, 15) is 8.42 Å². The largest absolute Gasteiger partial charge is 0.329 e. The molecule has 0 atom stereocenters. The molecule has 0 saturated heterocycles. The van der Waals surface area contributed by atoms with Crippen LogP contribution in [0.2, 0.25) is 0 Å². The van der Waals surface area contributed by atoms with Crippen LogP contribution in [-0.2, 0) is 9.84 Å². The molecule has 0 unspecified atom stereocenters. The van der Waals surface area contributed by atoms with Gasteiger partial charge in [-0.3, -0.25) is 0 Å². The van der Waals surface area contributed by atoms with Crippen LogP contribution in [0, 0.1) is 5.92 Å². The Morgan fingerprint density at radius 1 is 1.25 bits per heavy atom. The fourth-order valence-electron chi connectivity index (χ4n) is 1.80. The number of rotatable bonds is 4. The van der Waals surface area contributed by atoms with E-state index in [-0.39, 0.29) is 12.3 Å². The summed E-state index contributed by atoms with van der Waals surface area (Å²) in [4.78, 5) is 0. The first-order valence-corrected chi connectivity index (χ1v) is 6.37. The Bertz CT molecular complexity index is 217. The lowest BCUT2D eigenvalue weighted by molar-refractivity contribution is 0.559. The van der Waals surface area contributed by atoms with Gasteiger partial charge < -0.3 is 5.73 Å². The minimum Gasteiger partial charge on any atom is -0.329 e. The third-order valence-corrected chi connectivity index (χ3v) is 4.23. The number of nitrogens with two attached hydrogens (primary N) is 1. The van der Waals surface area contributed by atoms with Gasteiger partial charge in [0.1, 0.15) is 0 Å². The molecule has 3 nitrogen and oxygen atoms in total. The van der Waals surface area contributed by atoms with Crippen LogP contribution in [0.15, 0.2) is 0 Å². The first kappa shape index (κ1) is 9.99. The molecular formula is C8H17NO2S. The third-order valence-electron chi connectivity index (χ3n) is 2.39. The second kappa shape index (κ2) is 4.23. The highest BCUT2D eigenvalue weighted by Gasteiger charge is 2.21. The van der Waals surface area contributed by atoms with Crippen molar-refractivity contribution in [1.82, 2.24) is 0 Å². The number of sulfone groups is 1. The summed E-state index contributed by atoms with van der Waals surface area (Å²) in [6.07, 6.45) is 4.57. The van der Waals surface area contributed by atoms with Crippen LogP contribution >= 0.6 is 0 Å². The zero-order valence-electron chi connectivity index (χ0n) is 7.33. The van der Waals surface area contributed by atoms with Gasteiger partial charge in [-0.2, -0.15) is 0 Å². The molecule has 1 saturated carbocycles. The molecule has 4 heteroatoms. The Hall–Kier alpha value is -0.0900. The molecule has 0 aromatic rings. The van der Waals surface area contributed by atoms with Crippen molar-refractivity contribution in [2.75, 3.05) is 18.1 Å². The Morgan fingerprint density at radius 2 is 1.83 bits per heavy atom. The van der Waals surface area contributed by atoms with E-state index < -0.39 is 9.84 Å². The maximum atomic E-state index is 11.3. The van der Waals surface area contributed by atoms with Gasteiger partial charge in [0.05, 0.1) is 11.5 Å². The van der Waals surface area contributed by atoms with Crippen molar-refractivity contribution < 1.29 is 8.42 Å². The molecule has 2 N–H and O–H groups in total. The Kier molecular flexibility index (Phi) is 3.53. The smallest absolute Gasteiger partial charge is 0.151 e. The third kappa shape index (κ3) is 3.11. The molecule has 1 rings (SSSR count). The molecule has 0 spiro atoms. The molecule has 72 valence electrons. The van der Waals surface area contributed by atoms with Gasteiger partial charge >= 0.3 is 0 Å². The van der Waals surface area contributed by atoms with E-state index in [1.54, 1.807) is 0 Å². The molecule has 0 heterocycles. The van der Waals surface area contributed by atoms with Gasteiger partial charge in [0.15, 0.2) is 9.84 Å². The SMILES string of the molecule is NCCS(=O)(=O)CC1CCCC1. The van der Waals surface area contributed by atoms with E-state index >= 15 is 0 Å². The van der Waals surface area contributed by atoms with E-state index in [1.165, 1.54) is 12.8 Å². The predicted octanol–water partition coefficient (Wildman–Crippen LogP) is 0.550. The van der Waals surface area contributed by atoms with E-state index in [0.717, 1.165) is 12.8 Å². The molecule has 1 aliphatic rings. The normalized spacial score (nSPS) is 20.1. The molecule has 0 bridgehead atoms. The van der Waals surface area contributed by atoms with E-state index in [1.807, 2.05) is 0 Å². The molecule has 0 aliphatic heterocycles. The lowest BCUT2D eigenvalue weighted by atomic mass is 10.1. The van der Waals surface area contributed by atoms with Crippen molar-refractivity contribution >= 4 is 9.84 Å². The summed E-state index contributed by atoms with van der Waals surface area (Å²) >= 11 is 0. The summed E-state index contributed by atoms with van der Waals surface area (Å²) in [5, 5.41) is 0. The van der Waals surface area contributed by atoms with Gasteiger partial charge in [-0.25, -0.2) is 8.42 Å². The lowest BCUT2D eigenvalue weighted by Crippen LogP contribution is -2.22. The molecule has 1 fully saturated rings. The van der Waals surface area contributed by atoms with Crippen molar-refractivity contribution in [2.24, 2.45) is 11.7 Å². The topological polar surface area (TPSA) is 60.2 Å². The Labute approximate surface area is 74.3 Å². The van der Waals surface area contributed by atoms with Crippen LogP contribution in [0.1, 0.15) is 25.7 Å². The second-order valence-corrected chi connectivity index (χ2v) is 5.78. The van der Waals surface area contributed by atoms with E-state index in [2.05, 4.69) is 0 Å². The molecule has 0 radical (unpaired) electrons. The fraction of sp³-hybridized carbons (Fsp3) is 1.00. The van der Waals surface area contributed by atoms with Crippen LogP contribution in [0.4, 0.5) is 0 Å². The molecule has 0 aromatic heterocycles. The summed E-state index contributed by atoms with van der Waals surface area (Å²) in [6.45, 7) is 0.259. The zero-order valence-corrected chi connectivity index (χ0v) is 8.15. The highest BCUT2D eigenvalue weighted by molar-refractivity contribution is 7.91. The van der Waals surface area contributed by atoms with Gasteiger partial charge in [-0.1, -0.05) is 12.8 Å². The molecule has 0 amide bonds. The molecule has 12 heavy (non-hydrogen) atoms. The van der Waals surface area contributed by atoms with Gasteiger partial charge in [-0.15, -0.1) is 0 Å². The average Bonchev–Trinajstić information content (AvgIpc) is 2.38. The first-order chi connectivity index (χ1) is 5.64. The summed E-state index contributed by atoms with van der Waals surface area (Å²) in [7, 11) is -2.84. The molecule has 0 aromatic carbocycles. The van der Waals surface area contributed by atoms with Gasteiger partial charge in [0.2, 0.25) is 0 Å². The summed E-state index contributed by atoms with van der Waals surface area (Å²) in [6, 6.07) is 0. The van der Waals surface area contributed by atoms with Crippen molar-refractivity contribution in [3.8, 4) is 0 Å². The average molecular weight is 191 g/mol. The minimum atomic E-state index is -2.84. The van der Waals surface area contributed by atoms with Crippen LogP contribution in [0.5, 0.6) is 0 Å². The van der Waals surface area contributed by atoms with Crippen LogP contribution in [0.25, 0.3) is 0 Å². The monoisotopic (exact) mass is 191 g/mol. The summed E-state index contributed by atoms with van der Waals surface area (Å²) in [5.74, 6) is 0.940. The minimum absolute atomic E-state index is 0.156. The summed E-state index contributed by atoms with van der Waals surface area (Å²) in [5.41, 5.74) is 5.21. The number of hydrogen-bond acceptors (Lipinski definition) is 3. The Balaban J connectivity index is 2.38. The second-order valence-electron chi connectivity index (χ2n) is 3.55. The Morgan fingerprint density at radius 3 is 2.33 bits per heavy atom. The quantitative estimate of drug-likeness (QED) is 0.706. The standard InChI is InChI=1S/C8H17NO2S/c9-5-6-12(10,11)7-8-3-1-2-4-8/h8H,1-7,9H2. The van der Waals surface area contributed by atoms with Crippen molar-refractivity contribution in [2.45, 2.75) is 25.7 Å². The maximum absolute atomic E-state index is 11.3. The van der Waals surface area contributed by atoms with Crippen molar-refractivity contribution in [3.63, 3.8) is 0 Å². The van der Waals surface area contributed by atoms with Crippen LogP contribution in [0.3, 0.4) is 0 Å². The molecular weight excluding hydrogens is 174 g/mol.